The summed E-state index contributed by atoms with van der Waals surface area (Å²) in [5.74, 6) is 0. The highest BCUT2D eigenvalue weighted by atomic mass is 16.3. The summed E-state index contributed by atoms with van der Waals surface area (Å²) < 4.78 is 0. The lowest BCUT2D eigenvalue weighted by Gasteiger charge is -2.23. The minimum Gasteiger partial charge on any atom is -0.386 e. The molecule has 0 fully saturated rings. The van der Waals surface area contributed by atoms with Crippen molar-refractivity contribution >= 4 is 12.0 Å². The third-order valence-corrected chi connectivity index (χ3v) is 2.65. The number of carbonyl (C=O) groups is 1. The van der Waals surface area contributed by atoms with Gasteiger partial charge in [-0.25, -0.2) is 0 Å². The van der Waals surface area contributed by atoms with Gasteiger partial charge in [0.1, 0.15) is 12.4 Å². The largest absolute Gasteiger partial charge is 0.386 e. The first-order valence-corrected chi connectivity index (χ1v) is 4.60. The van der Waals surface area contributed by atoms with Crippen LogP contribution in [0.2, 0.25) is 0 Å². The summed E-state index contributed by atoms with van der Waals surface area (Å²) in [4.78, 5) is 10.6. The zero-order valence-corrected chi connectivity index (χ0v) is 8.24. The third kappa shape index (κ3) is 1.21. The summed E-state index contributed by atoms with van der Waals surface area (Å²) in [7, 11) is 0. The molecular formula is C11H13NO2. The smallest absolute Gasteiger partial charge is 0.150 e. The molecule has 1 atom stereocenters. The van der Waals surface area contributed by atoms with E-state index in [9.17, 15) is 9.90 Å². The van der Waals surface area contributed by atoms with Gasteiger partial charge in [0, 0.05) is 16.8 Å². The minimum absolute atomic E-state index is 0.357. The van der Waals surface area contributed by atoms with E-state index in [1.807, 2.05) is 13.8 Å². The van der Waals surface area contributed by atoms with E-state index in [-0.39, 0.29) is 5.54 Å². The highest BCUT2D eigenvalue weighted by molar-refractivity contribution is 5.79. The fourth-order valence-corrected chi connectivity index (χ4v) is 1.80. The fourth-order valence-electron chi connectivity index (χ4n) is 1.80. The van der Waals surface area contributed by atoms with E-state index in [1.165, 1.54) is 0 Å². The van der Waals surface area contributed by atoms with E-state index in [1.54, 1.807) is 18.2 Å². The molecule has 1 aliphatic rings. The van der Waals surface area contributed by atoms with E-state index >= 15 is 0 Å². The van der Waals surface area contributed by atoms with Crippen LogP contribution in [0.4, 0.5) is 5.69 Å². The maximum Gasteiger partial charge on any atom is 0.150 e. The Morgan fingerprint density at radius 2 is 2.21 bits per heavy atom. The average Bonchev–Trinajstić information content (AvgIpc) is 2.37. The number of aldehydes is 1. The highest BCUT2D eigenvalue weighted by Gasteiger charge is 2.37. The summed E-state index contributed by atoms with van der Waals surface area (Å²) in [5.41, 5.74) is 1.98. The second-order valence-corrected chi connectivity index (χ2v) is 4.21. The molecule has 3 heteroatoms. The van der Waals surface area contributed by atoms with Gasteiger partial charge in [0.15, 0.2) is 0 Å². The molecule has 1 heterocycles. The van der Waals surface area contributed by atoms with Crippen LogP contribution in [0.3, 0.4) is 0 Å². The van der Waals surface area contributed by atoms with Crippen LogP contribution >= 0.6 is 0 Å². The Hall–Kier alpha value is -1.35. The molecule has 74 valence electrons. The summed E-state index contributed by atoms with van der Waals surface area (Å²) in [6, 6.07) is 5.28. The third-order valence-electron chi connectivity index (χ3n) is 2.65. The first kappa shape index (κ1) is 9.21. The summed E-state index contributed by atoms with van der Waals surface area (Å²) in [5, 5.41) is 13.1. The number of hydrogen-bond acceptors (Lipinski definition) is 3. The molecule has 0 spiro atoms. The molecule has 1 aliphatic heterocycles. The van der Waals surface area contributed by atoms with Gasteiger partial charge in [0.2, 0.25) is 0 Å². The van der Waals surface area contributed by atoms with Crippen molar-refractivity contribution in [3.05, 3.63) is 29.3 Å². The molecule has 0 saturated heterocycles. The number of hydrogen-bond donors (Lipinski definition) is 2. The number of rotatable bonds is 1. The van der Waals surface area contributed by atoms with Crippen LogP contribution in [0.15, 0.2) is 18.2 Å². The lowest BCUT2D eigenvalue weighted by Crippen LogP contribution is -2.31. The molecule has 14 heavy (non-hydrogen) atoms. The Balaban J connectivity index is 2.49. The van der Waals surface area contributed by atoms with E-state index in [2.05, 4.69) is 5.32 Å². The average molecular weight is 191 g/mol. The van der Waals surface area contributed by atoms with E-state index < -0.39 is 6.10 Å². The highest BCUT2D eigenvalue weighted by Crippen LogP contribution is 2.40. The molecule has 3 nitrogen and oxygen atoms in total. The van der Waals surface area contributed by atoms with E-state index in [0.29, 0.717) is 5.56 Å². The summed E-state index contributed by atoms with van der Waals surface area (Å²) >= 11 is 0. The van der Waals surface area contributed by atoms with Crippen LogP contribution in [-0.2, 0) is 0 Å². The Morgan fingerprint density at radius 3 is 2.86 bits per heavy atom. The normalized spacial score (nSPS) is 22.6. The standard InChI is InChI=1S/C11H13NO2/c1-11(2)10(14)8-4-3-7(6-13)5-9(8)12-11/h3-6,10,12,14H,1-2H3. The number of nitrogens with one attached hydrogen (secondary N) is 1. The first-order chi connectivity index (χ1) is 6.54. The predicted molar refractivity (Wildman–Crippen MR) is 54.5 cm³/mol. The van der Waals surface area contributed by atoms with Crippen LogP contribution in [0.25, 0.3) is 0 Å². The maximum atomic E-state index is 10.6. The lowest BCUT2D eigenvalue weighted by molar-refractivity contribution is 0.112. The summed E-state index contributed by atoms with van der Waals surface area (Å²) in [6.07, 6.45) is 0.290. The Kier molecular flexibility index (Phi) is 1.86. The molecule has 0 radical (unpaired) electrons. The van der Waals surface area contributed by atoms with Gasteiger partial charge in [-0.05, 0) is 19.9 Å². The molecule has 2 rings (SSSR count). The van der Waals surface area contributed by atoms with Gasteiger partial charge in [0.05, 0.1) is 5.54 Å². The molecule has 1 aromatic rings. The number of carbonyl (C=O) groups excluding carboxylic acids is 1. The molecule has 2 N–H and O–H groups in total. The first-order valence-electron chi connectivity index (χ1n) is 4.60. The fraction of sp³-hybridized carbons (Fsp3) is 0.364. The van der Waals surface area contributed by atoms with Gasteiger partial charge in [-0.3, -0.25) is 4.79 Å². The predicted octanol–water partition coefficient (Wildman–Crippen LogP) is 1.74. The number of aliphatic hydroxyl groups excluding tert-OH is 1. The quantitative estimate of drug-likeness (QED) is 0.665. The molecule has 1 unspecified atom stereocenters. The van der Waals surface area contributed by atoms with Gasteiger partial charge in [-0.15, -0.1) is 0 Å². The minimum atomic E-state index is -0.516. The van der Waals surface area contributed by atoms with E-state index in [0.717, 1.165) is 17.5 Å². The van der Waals surface area contributed by atoms with E-state index in [4.69, 9.17) is 0 Å². The SMILES string of the molecule is CC1(C)Nc2cc(C=O)ccc2C1O. The van der Waals surface area contributed by atoms with Crippen molar-refractivity contribution in [1.29, 1.82) is 0 Å². The lowest BCUT2D eigenvalue weighted by atomic mass is 9.96. The molecule has 0 aromatic heterocycles. The molecule has 0 amide bonds. The Bertz CT molecular complexity index is 385. The van der Waals surface area contributed by atoms with Crippen LogP contribution in [0.1, 0.15) is 35.9 Å². The molecule has 0 bridgehead atoms. The summed E-state index contributed by atoms with van der Waals surface area (Å²) in [6.45, 7) is 3.86. The van der Waals surface area contributed by atoms with Gasteiger partial charge in [0.25, 0.3) is 0 Å². The zero-order chi connectivity index (χ0) is 10.3. The maximum absolute atomic E-state index is 10.6. The number of benzene rings is 1. The number of aliphatic hydroxyl groups is 1. The molecule has 0 saturated carbocycles. The van der Waals surface area contributed by atoms with Crippen molar-refractivity contribution in [2.45, 2.75) is 25.5 Å². The van der Waals surface area contributed by atoms with Crippen molar-refractivity contribution in [3.63, 3.8) is 0 Å². The molecule has 0 aliphatic carbocycles. The molecular weight excluding hydrogens is 178 g/mol. The van der Waals surface area contributed by atoms with Gasteiger partial charge in [-0.1, -0.05) is 12.1 Å². The van der Waals surface area contributed by atoms with Crippen LogP contribution in [-0.4, -0.2) is 16.9 Å². The van der Waals surface area contributed by atoms with Crippen molar-refractivity contribution in [2.24, 2.45) is 0 Å². The second-order valence-electron chi connectivity index (χ2n) is 4.21. The van der Waals surface area contributed by atoms with Crippen LogP contribution in [0, 0.1) is 0 Å². The van der Waals surface area contributed by atoms with Gasteiger partial charge < -0.3 is 10.4 Å². The van der Waals surface area contributed by atoms with Crippen molar-refractivity contribution in [3.8, 4) is 0 Å². The topological polar surface area (TPSA) is 49.3 Å². The van der Waals surface area contributed by atoms with Crippen molar-refractivity contribution < 1.29 is 9.90 Å². The Morgan fingerprint density at radius 1 is 1.50 bits per heavy atom. The Labute approximate surface area is 82.8 Å². The van der Waals surface area contributed by atoms with Gasteiger partial charge >= 0.3 is 0 Å². The van der Waals surface area contributed by atoms with Crippen LogP contribution < -0.4 is 5.32 Å². The molecule has 1 aromatic carbocycles. The number of anilines is 1. The number of fused-ring (bicyclic) bond motifs is 1. The van der Waals surface area contributed by atoms with Crippen molar-refractivity contribution in [2.75, 3.05) is 5.32 Å². The monoisotopic (exact) mass is 191 g/mol. The van der Waals surface area contributed by atoms with Crippen LogP contribution in [0.5, 0.6) is 0 Å². The van der Waals surface area contributed by atoms with Gasteiger partial charge in [-0.2, -0.15) is 0 Å². The van der Waals surface area contributed by atoms with Crippen molar-refractivity contribution in [1.82, 2.24) is 0 Å². The zero-order valence-electron chi connectivity index (χ0n) is 8.24. The second kappa shape index (κ2) is 2.82.